The van der Waals surface area contributed by atoms with Crippen molar-refractivity contribution in [2.24, 2.45) is 5.92 Å². The minimum atomic E-state index is -0.473. The van der Waals surface area contributed by atoms with Gasteiger partial charge < -0.3 is 19.4 Å². The number of fused-ring (bicyclic) bond motifs is 2. The number of hydrogen-bond donors (Lipinski definition) is 0. The number of carbonyl (C=O) groups excluding carboxylic acids is 2. The largest absolute Gasteiger partial charge is 0.381 e. The Bertz CT molecular complexity index is 704. The lowest BCUT2D eigenvalue weighted by molar-refractivity contribution is -0.124. The van der Waals surface area contributed by atoms with Gasteiger partial charge in [0.2, 0.25) is 5.91 Å². The number of benzene rings is 1. The van der Waals surface area contributed by atoms with Crippen LogP contribution >= 0.6 is 0 Å². The van der Waals surface area contributed by atoms with Gasteiger partial charge in [-0.2, -0.15) is 0 Å². The zero-order valence-electron chi connectivity index (χ0n) is 15.6. The Balaban J connectivity index is 1.59. The van der Waals surface area contributed by atoms with Gasteiger partial charge in [-0.3, -0.25) is 4.79 Å². The molecule has 0 unspecified atom stereocenters. The molecule has 4 rings (SSSR count). The zero-order valence-corrected chi connectivity index (χ0v) is 15.6. The normalized spacial score (nSPS) is 24.2. The molecular weight excluding hydrogens is 330 g/mol. The second-order valence-electron chi connectivity index (χ2n) is 7.91. The average Bonchev–Trinajstić information content (AvgIpc) is 3.24. The molecule has 1 aromatic carbocycles. The Morgan fingerprint density at radius 3 is 2.65 bits per heavy atom. The molecule has 3 aliphatic rings. The van der Waals surface area contributed by atoms with Crippen LogP contribution in [0.25, 0.3) is 0 Å². The van der Waals surface area contributed by atoms with Crippen molar-refractivity contribution in [1.29, 1.82) is 0 Å². The molecule has 3 aliphatic heterocycles. The monoisotopic (exact) mass is 357 g/mol. The maximum atomic E-state index is 13.5. The van der Waals surface area contributed by atoms with Crippen LogP contribution in [0, 0.1) is 5.92 Å². The Labute approximate surface area is 154 Å². The van der Waals surface area contributed by atoms with E-state index in [2.05, 4.69) is 12.1 Å². The second kappa shape index (κ2) is 6.58. The Hall–Kier alpha value is -2.08. The molecule has 1 spiro atoms. The van der Waals surface area contributed by atoms with E-state index in [1.165, 1.54) is 0 Å². The van der Waals surface area contributed by atoms with Crippen molar-refractivity contribution in [2.75, 3.05) is 51.8 Å². The number of anilines is 1. The Morgan fingerprint density at radius 1 is 1.27 bits per heavy atom. The average molecular weight is 357 g/mol. The lowest BCUT2D eigenvalue weighted by Gasteiger charge is -2.39. The van der Waals surface area contributed by atoms with Crippen molar-refractivity contribution >= 4 is 17.6 Å². The van der Waals surface area contributed by atoms with E-state index in [0.29, 0.717) is 31.8 Å². The van der Waals surface area contributed by atoms with Gasteiger partial charge in [0, 0.05) is 51.9 Å². The summed E-state index contributed by atoms with van der Waals surface area (Å²) in [4.78, 5) is 31.2. The van der Waals surface area contributed by atoms with Crippen LogP contribution in [-0.2, 0) is 14.9 Å². The van der Waals surface area contributed by atoms with Crippen LogP contribution < -0.4 is 4.90 Å². The van der Waals surface area contributed by atoms with Gasteiger partial charge in [0.1, 0.15) is 0 Å². The molecule has 1 aromatic rings. The van der Waals surface area contributed by atoms with Gasteiger partial charge in [0.25, 0.3) is 0 Å². The van der Waals surface area contributed by atoms with Gasteiger partial charge in [0.15, 0.2) is 0 Å². The summed E-state index contributed by atoms with van der Waals surface area (Å²) in [6.45, 7) is 3.51. The number of para-hydroxylation sites is 1. The standard InChI is InChI=1S/C20H27N3O3/c1-21(2)19(25)22-10-8-20(9-11-22)16-5-3-4-6-17(16)23(18(20)24)13-15-7-12-26-14-15/h3-6,15H,7-14H2,1-2H3/t15-/m1/s1. The van der Waals surface area contributed by atoms with E-state index in [0.717, 1.165) is 37.4 Å². The highest BCUT2D eigenvalue weighted by atomic mass is 16.5. The maximum absolute atomic E-state index is 13.5. The summed E-state index contributed by atoms with van der Waals surface area (Å²) in [6, 6.07) is 8.22. The topological polar surface area (TPSA) is 53.1 Å². The van der Waals surface area contributed by atoms with Crippen LogP contribution in [0.4, 0.5) is 10.5 Å². The van der Waals surface area contributed by atoms with E-state index >= 15 is 0 Å². The van der Waals surface area contributed by atoms with Gasteiger partial charge in [-0.05, 0) is 30.9 Å². The number of nitrogens with zero attached hydrogens (tertiary/aromatic N) is 3. The zero-order chi connectivity index (χ0) is 18.3. The van der Waals surface area contributed by atoms with Crippen molar-refractivity contribution in [3.63, 3.8) is 0 Å². The van der Waals surface area contributed by atoms with Crippen LogP contribution in [-0.4, -0.2) is 68.7 Å². The number of carbonyl (C=O) groups is 2. The maximum Gasteiger partial charge on any atom is 0.319 e. The number of piperidine rings is 1. The summed E-state index contributed by atoms with van der Waals surface area (Å²) in [5.41, 5.74) is 1.72. The summed E-state index contributed by atoms with van der Waals surface area (Å²) in [5, 5.41) is 0. The molecule has 6 nitrogen and oxygen atoms in total. The molecule has 1 atom stereocenters. The van der Waals surface area contributed by atoms with Crippen molar-refractivity contribution in [2.45, 2.75) is 24.7 Å². The Morgan fingerprint density at radius 2 is 2.00 bits per heavy atom. The fourth-order valence-electron chi connectivity index (χ4n) is 4.61. The van der Waals surface area contributed by atoms with E-state index in [9.17, 15) is 9.59 Å². The lowest BCUT2D eigenvalue weighted by Crippen LogP contribution is -2.52. The van der Waals surface area contributed by atoms with E-state index in [4.69, 9.17) is 4.74 Å². The number of likely N-dealkylation sites (tertiary alicyclic amines) is 1. The molecule has 0 bridgehead atoms. The first-order valence-corrected chi connectivity index (χ1v) is 9.48. The molecule has 0 aromatic heterocycles. The number of rotatable bonds is 2. The van der Waals surface area contributed by atoms with Gasteiger partial charge in [-0.25, -0.2) is 4.79 Å². The summed E-state index contributed by atoms with van der Waals surface area (Å²) >= 11 is 0. The number of urea groups is 1. The lowest BCUT2D eigenvalue weighted by atomic mass is 9.73. The van der Waals surface area contributed by atoms with Crippen LogP contribution in [0.2, 0.25) is 0 Å². The highest BCUT2D eigenvalue weighted by molar-refractivity contribution is 6.08. The molecule has 26 heavy (non-hydrogen) atoms. The number of hydrogen-bond acceptors (Lipinski definition) is 3. The van der Waals surface area contributed by atoms with Crippen molar-refractivity contribution in [1.82, 2.24) is 9.80 Å². The van der Waals surface area contributed by atoms with Crippen molar-refractivity contribution < 1.29 is 14.3 Å². The van der Waals surface area contributed by atoms with Crippen LogP contribution in [0.3, 0.4) is 0 Å². The second-order valence-corrected chi connectivity index (χ2v) is 7.91. The molecule has 2 saturated heterocycles. The molecule has 140 valence electrons. The number of ether oxygens (including phenoxy) is 1. The van der Waals surface area contributed by atoms with Gasteiger partial charge in [0.05, 0.1) is 12.0 Å². The third kappa shape index (κ3) is 2.67. The predicted molar refractivity (Wildman–Crippen MR) is 99.3 cm³/mol. The minimum absolute atomic E-state index is 0.0264. The molecule has 0 N–H and O–H groups in total. The number of amides is 3. The molecular formula is C20H27N3O3. The highest BCUT2D eigenvalue weighted by Crippen LogP contribution is 2.48. The highest BCUT2D eigenvalue weighted by Gasteiger charge is 2.52. The summed E-state index contributed by atoms with van der Waals surface area (Å²) in [6.07, 6.45) is 2.41. The smallest absolute Gasteiger partial charge is 0.319 e. The quantitative estimate of drug-likeness (QED) is 0.814. The molecule has 0 radical (unpaired) electrons. The first-order valence-electron chi connectivity index (χ1n) is 9.48. The summed E-state index contributed by atoms with van der Waals surface area (Å²) in [7, 11) is 3.54. The first-order chi connectivity index (χ1) is 12.5. The summed E-state index contributed by atoms with van der Waals surface area (Å²) in [5.74, 6) is 0.625. The third-order valence-corrected chi connectivity index (χ3v) is 6.10. The van der Waals surface area contributed by atoms with Gasteiger partial charge in [-0.15, -0.1) is 0 Å². The molecule has 3 heterocycles. The fourth-order valence-corrected chi connectivity index (χ4v) is 4.61. The van der Waals surface area contributed by atoms with E-state index in [1.54, 1.807) is 19.0 Å². The molecule has 0 aliphatic carbocycles. The van der Waals surface area contributed by atoms with Crippen LogP contribution in [0.15, 0.2) is 24.3 Å². The Kier molecular flexibility index (Phi) is 4.39. The van der Waals surface area contributed by atoms with E-state index in [-0.39, 0.29) is 11.9 Å². The first kappa shape index (κ1) is 17.3. The third-order valence-electron chi connectivity index (χ3n) is 6.10. The molecule has 0 saturated carbocycles. The molecule has 3 amide bonds. The van der Waals surface area contributed by atoms with Crippen LogP contribution in [0.5, 0.6) is 0 Å². The van der Waals surface area contributed by atoms with Crippen molar-refractivity contribution in [3.05, 3.63) is 29.8 Å². The molecule has 6 heteroatoms. The predicted octanol–water partition coefficient (Wildman–Crippen LogP) is 2.08. The van der Waals surface area contributed by atoms with Gasteiger partial charge >= 0.3 is 6.03 Å². The van der Waals surface area contributed by atoms with E-state index < -0.39 is 5.41 Å². The minimum Gasteiger partial charge on any atom is -0.381 e. The van der Waals surface area contributed by atoms with Gasteiger partial charge in [-0.1, -0.05) is 18.2 Å². The SMILES string of the molecule is CN(C)C(=O)N1CCC2(CC1)C(=O)N(C[C@H]1CCOC1)c1ccccc12. The van der Waals surface area contributed by atoms with E-state index in [1.807, 2.05) is 21.9 Å². The summed E-state index contributed by atoms with van der Waals surface area (Å²) < 4.78 is 5.50. The van der Waals surface area contributed by atoms with Crippen molar-refractivity contribution in [3.8, 4) is 0 Å². The van der Waals surface area contributed by atoms with Crippen LogP contribution in [0.1, 0.15) is 24.8 Å². The molecule has 2 fully saturated rings. The fraction of sp³-hybridized carbons (Fsp3) is 0.600.